The second-order valence-corrected chi connectivity index (χ2v) is 11.9. The van der Waals surface area contributed by atoms with E-state index in [-0.39, 0.29) is 5.41 Å². The highest BCUT2D eigenvalue weighted by Crippen LogP contribution is 2.50. The number of aromatic amines is 1. The summed E-state index contributed by atoms with van der Waals surface area (Å²) in [7, 11) is 0. The zero-order valence-electron chi connectivity index (χ0n) is 23.6. The molecular weight excluding hydrogens is 510 g/mol. The Kier molecular flexibility index (Phi) is 5.36. The van der Waals surface area contributed by atoms with Gasteiger partial charge in [-0.2, -0.15) is 0 Å². The number of rotatable bonds is 4. The van der Waals surface area contributed by atoms with Crippen molar-refractivity contribution in [1.29, 1.82) is 0 Å². The average Bonchev–Trinajstić information content (AvgIpc) is 3.51. The molecule has 0 fully saturated rings. The number of aromatic nitrogens is 1. The van der Waals surface area contributed by atoms with E-state index >= 15 is 0 Å². The maximum absolute atomic E-state index is 11.6. The third-order valence-corrected chi connectivity index (χ3v) is 9.09. The van der Waals surface area contributed by atoms with Crippen molar-refractivity contribution in [2.24, 2.45) is 0 Å². The highest BCUT2D eigenvalue weighted by atomic mass is 16.1. The van der Waals surface area contributed by atoms with E-state index in [1.807, 2.05) is 24.3 Å². The maximum atomic E-state index is 11.6. The van der Waals surface area contributed by atoms with Gasteiger partial charge >= 0.3 is 0 Å². The standard InChI is InChI=1S/C40H29NO/c1-40(2)36-16-6-5-15-32(36)33-22-35-34-21-28(17-18-38(34)41-39(35)23-37(33)40)26-11-7-10-25(19-26)27-12-8-13-29(20-27)31-14-4-3-9-30(31)24-42/h3-24,41H,1-2H3. The molecule has 0 radical (unpaired) electrons. The first-order valence-corrected chi connectivity index (χ1v) is 14.5. The molecule has 8 rings (SSSR count). The average molecular weight is 540 g/mol. The molecule has 1 aromatic heterocycles. The number of hydrogen-bond acceptors (Lipinski definition) is 1. The van der Waals surface area contributed by atoms with Crippen LogP contribution in [-0.4, -0.2) is 11.3 Å². The minimum Gasteiger partial charge on any atom is -0.355 e. The molecule has 1 aliphatic carbocycles. The van der Waals surface area contributed by atoms with E-state index < -0.39 is 0 Å². The Morgan fingerprint density at radius 3 is 1.88 bits per heavy atom. The number of H-pyrrole nitrogens is 1. The molecule has 1 heterocycles. The molecule has 0 atom stereocenters. The molecule has 7 aromatic rings. The fourth-order valence-corrected chi connectivity index (χ4v) is 6.88. The highest BCUT2D eigenvalue weighted by Gasteiger charge is 2.35. The largest absolute Gasteiger partial charge is 0.355 e. The summed E-state index contributed by atoms with van der Waals surface area (Å²) >= 11 is 0. The van der Waals surface area contributed by atoms with Gasteiger partial charge in [0.15, 0.2) is 6.29 Å². The Balaban J connectivity index is 1.22. The number of carbonyl (C=O) groups excluding carboxylic acids is 1. The molecule has 0 spiro atoms. The van der Waals surface area contributed by atoms with Crippen molar-refractivity contribution >= 4 is 28.1 Å². The first-order chi connectivity index (χ1) is 20.5. The summed E-state index contributed by atoms with van der Waals surface area (Å²) in [5.41, 5.74) is 15.1. The van der Waals surface area contributed by atoms with Gasteiger partial charge in [-0.1, -0.05) is 105 Å². The lowest BCUT2D eigenvalue weighted by molar-refractivity contribution is 0.112. The van der Waals surface area contributed by atoms with E-state index in [9.17, 15) is 4.79 Å². The molecular formula is C40H29NO. The molecule has 1 N–H and O–H groups in total. The smallest absolute Gasteiger partial charge is 0.150 e. The molecule has 0 unspecified atom stereocenters. The summed E-state index contributed by atoms with van der Waals surface area (Å²) in [6.45, 7) is 4.65. The molecule has 2 heteroatoms. The van der Waals surface area contributed by atoms with Crippen molar-refractivity contribution in [2.45, 2.75) is 19.3 Å². The summed E-state index contributed by atoms with van der Waals surface area (Å²) in [6, 6.07) is 45.2. The topological polar surface area (TPSA) is 32.9 Å². The summed E-state index contributed by atoms with van der Waals surface area (Å²) in [6.07, 6.45) is 0.928. The van der Waals surface area contributed by atoms with Crippen LogP contribution in [0.1, 0.15) is 35.3 Å². The fraction of sp³-hybridized carbons (Fsp3) is 0.0750. The van der Waals surface area contributed by atoms with Crippen molar-refractivity contribution in [3.05, 3.63) is 144 Å². The van der Waals surface area contributed by atoms with Crippen LogP contribution in [0.4, 0.5) is 0 Å². The second-order valence-electron chi connectivity index (χ2n) is 11.9. The Labute approximate surface area is 245 Å². The zero-order chi connectivity index (χ0) is 28.4. The third-order valence-electron chi connectivity index (χ3n) is 9.09. The quantitative estimate of drug-likeness (QED) is 0.222. The highest BCUT2D eigenvalue weighted by molar-refractivity contribution is 6.11. The second kappa shape index (κ2) is 9.15. The van der Waals surface area contributed by atoms with Gasteiger partial charge in [0.05, 0.1) is 0 Å². The Bertz CT molecular complexity index is 2200. The molecule has 6 aromatic carbocycles. The normalized spacial score (nSPS) is 13.3. The summed E-state index contributed by atoms with van der Waals surface area (Å²) < 4.78 is 0. The van der Waals surface area contributed by atoms with Crippen molar-refractivity contribution in [3.63, 3.8) is 0 Å². The summed E-state index contributed by atoms with van der Waals surface area (Å²) in [4.78, 5) is 15.3. The number of hydrogen-bond donors (Lipinski definition) is 1. The molecule has 1 aliphatic rings. The van der Waals surface area contributed by atoms with Gasteiger partial charge in [0, 0.05) is 32.8 Å². The lowest BCUT2D eigenvalue weighted by atomic mass is 9.82. The van der Waals surface area contributed by atoms with Crippen LogP contribution >= 0.6 is 0 Å². The summed E-state index contributed by atoms with van der Waals surface area (Å²) in [5, 5.41) is 2.50. The van der Waals surface area contributed by atoms with Crippen LogP contribution in [0.2, 0.25) is 0 Å². The number of benzene rings is 6. The Hall–Kier alpha value is -5.21. The molecule has 42 heavy (non-hydrogen) atoms. The molecule has 0 aliphatic heterocycles. The maximum Gasteiger partial charge on any atom is 0.150 e. The van der Waals surface area contributed by atoms with Crippen LogP contribution in [0, 0.1) is 0 Å². The predicted molar refractivity (Wildman–Crippen MR) is 175 cm³/mol. The number of fused-ring (bicyclic) bond motifs is 6. The van der Waals surface area contributed by atoms with Gasteiger partial charge in [-0.15, -0.1) is 0 Å². The zero-order valence-corrected chi connectivity index (χ0v) is 23.6. The van der Waals surface area contributed by atoms with Crippen LogP contribution in [0.5, 0.6) is 0 Å². The number of carbonyl (C=O) groups is 1. The number of nitrogens with one attached hydrogen (secondary N) is 1. The Morgan fingerprint density at radius 1 is 0.500 bits per heavy atom. The van der Waals surface area contributed by atoms with E-state index in [1.165, 1.54) is 49.7 Å². The molecule has 200 valence electrons. The minimum atomic E-state index is -0.0182. The minimum absolute atomic E-state index is 0.0182. The summed E-state index contributed by atoms with van der Waals surface area (Å²) in [5.74, 6) is 0. The Morgan fingerprint density at radius 2 is 1.12 bits per heavy atom. The van der Waals surface area contributed by atoms with E-state index in [0.29, 0.717) is 5.56 Å². The van der Waals surface area contributed by atoms with Gasteiger partial charge in [0.2, 0.25) is 0 Å². The van der Waals surface area contributed by atoms with Gasteiger partial charge in [0.25, 0.3) is 0 Å². The monoisotopic (exact) mass is 539 g/mol. The van der Waals surface area contributed by atoms with Crippen molar-refractivity contribution < 1.29 is 4.79 Å². The van der Waals surface area contributed by atoms with Crippen LogP contribution in [-0.2, 0) is 5.41 Å². The van der Waals surface area contributed by atoms with Crippen molar-refractivity contribution in [3.8, 4) is 44.5 Å². The van der Waals surface area contributed by atoms with E-state index in [2.05, 4.69) is 122 Å². The van der Waals surface area contributed by atoms with Gasteiger partial charge in [-0.25, -0.2) is 0 Å². The van der Waals surface area contributed by atoms with E-state index in [4.69, 9.17) is 0 Å². The van der Waals surface area contributed by atoms with Gasteiger partial charge < -0.3 is 4.98 Å². The van der Waals surface area contributed by atoms with Crippen LogP contribution in [0.25, 0.3) is 66.3 Å². The molecule has 0 saturated carbocycles. The SMILES string of the molecule is CC1(C)c2ccccc2-c2cc3c(cc21)[nH]c1ccc(-c2cccc(-c4cccc(-c5ccccc5C=O)c4)c2)cc13. The van der Waals surface area contributed by atoms with Crippen LogP contribution in [0.15, 0.2) is 127 Å². The fourth-order valence-electron chi connectivity index (χ4n) is 6.88. The molecule has 0 saturated heterocycles. The van der Waals surface area contributed by atoms with Gasteiger partial charge in [-0.3, -0.25) is 4.79 Å². The van der Waals surface area contributed by atoms with Crippen LogP contribution < -0.4 is 0 Å². The third kappa shape index (κ3) is 3.69. The van der Waals surface area contributed by atoms with E-state index in [0.717, 1.165) is 34.1 Å². The first-order valence-electron chi connectivity index (χ1n) is 14.5. The number of aldehydes is 1. The van der Waals surface area contributed by atoms with Gasteiger partial charge in [0.1, 0.15) is 0 Å². The lowest BCUT2D eigenvalue weighted by Gasteiger charge is -2.21. The van der Waals surface area contributed by atoms with Crippen LogP contribution in [0.3, 0.4) is 0 Å². The lowest BCUT2D eigenvalue weighted by Crippen LogP contribution is -2.14. The molecule has 2 nitrogen and oxygen atoms in total. The van der Waals surface area contributed by atoms with Crippen molar-refractivity contribution in [2.75, 3.05) is 0 Å². The molecule has 0 bridgehead atoms. The van der Waals surface area contributed by atoms with Crippen molar-refractivity contribution in [1.82, 2.24) is 4.98 Å². The first kappa shape index (κ1) is 24.6. The van der Waals surface area contributed by atoms with Gasteiger partial charge in [-0.05, 0) is 92.0 Å². The van der Waals surface area contributed by atoms with E-state index in [1.54, 1.807) is 0 Å². The molecule has 0 amide bonds. The predicted octanol–water partition coefficient (Wildman–Crippen LogP) is 10.4.